The van der Waals surface area contributed by atoms with Crippen molar-refractivity contribution in [3.8, 4) is 0 Å². The Kier molecular flexibility index (Phi) is 47.1. The van der Waals surface area contributed by atoms with Gasteiger partial charge in [-0.1, -0.05) is 230 Å². The third-order valence-electron chi connectivity index (χ3n) is 12.0. The van der Waals surface area contributed by atoms with Crippen LogP contribution in [-0.4, -0.2) is 46.9 Å². The molecule has 356 valence electrons. The maximum Gasteiger partial charge on any atom is 0.306 e. The van der Waals surface area contributed by atoms with E-state index in [1.54, 1.807) is 0 Å². The summed E-state index contributed by atoms with van der Waals surface area (Å²) >= 11 is 0. The van der Waals surface area contributed by atoms with Gasteiger partial charge in [-0.25, -0.2) is 0 Å². The topological polar surface area (TPSA) is 95.9 Å². The molecule has 0 aliphatic heterocycles. The van der Waals surface area contributed by atoms with Crippen LogP contribution in [0.25, 0.3) is 0 Å². The summed E-state index contributed by atoms with van der Waals surface area (Å²) in [6.45, 7) is 6.35. The van der Waals surface area contributed by atoms with Crippen LogP contribution in [0.4, 0.5) is 0 Å². The Hall–Kier alpha value is -2.18. The fraction of sp³-hybridized carbons (Fsp3) is 0.818. The van der Waals surface area contributed by atoms with Crippen molar-refractivity contribution in [3.05, 3.63) is 48.6 Å². The highest BCUT2D eigenvalue weighted by Gasteiger charge is 2.24. The molecule has 0 aromatic carbocycles. The lowest BCUT2D eigenvalue weighted by Gasteiger charge is -2.24. The summed E-state index contributed by atoms with van der Waals surface area (Å²) in [7, 11) is 0. The number of aliphatic hydroxyl groups is 2. The number of nitrogens with one attached hydrogen (secondary N) is 1. The van der Waals surface area contributed by atoms with E-state index in [4.69, 9.17) is 4.74 Å². The van der Waals surface area contributed by atoms with E-state index in [1.807, 2.05) is 12.2 Å². The van der Waals surface area contributed by atoms with Gasteiger partial charge in [-0.2, -0.15) is 0 Å². The fourth-order valence-electron chi connectivity index (χ4n) is 7.96. The number of hydrogen-bond acceptors (Lipinski definition) is 5. The minimum absolute atomic E-state index is 0.0520. The van der Waals surface area contributed by atoms with Crippen LogP contribution in [0, 0.1) is 0 Å². The van der Waals surface area contributed by atoms with E-state index in [2.05, 4.69) is 62.5 Å². The predicted octanol–water partition coefficient (Wildman–Crippen LogP) is 15.8. The van der Waals surface area contributed by atoms with Gasteiger partial charge in [0.2, 0.25) is 5.91 Å². The van der Waals surface area contributed by atoms with Crippen LogP contribution in [0.2, 0.25) is 0 Å². The number of carbonyl (C=O) groups is 2. The van der Waals surface area contributed by atoms with E-state index in [0.29, 0.717) is 19.3 Å². The van der Waals surface area contributed by atoms with Gasteiger partial charge in [-0.05, 0) is 70.6 Å². The number of unbranched alkanes of at least 4 members (excludes halogenated alkanes) is 29. The van der Waals surface area contributed by atoms with E-state index in [-0.39, 0.29) is 24.9 Å². The van der Waals surface area contributed by atoms with Crippen molar-refractivity contribution < 1.29 is 24.5 Å². The summed E-state index contributed by atoms with van der Waals surface area (Å²) in [6, 6.07) is -0.714. The first-order chi connectivity index (χ1) is 30.0. The SMILES string of the molecule is CC/C=C/C=C/C=C\CCCCCC(CC(=O)NC(CO)C(O)CCCCCCCCCCCCCCCCC)OC(=O)CCCCCCC/C=C/CCCCCCCCC. The summed E-state index contributed by atoms with van der Waals surface area (Å²) in [4.78, 5) is 26.1. The van der Waals surface area contributed by atoms with Gasteiger partial charge >= 0.3 is 5.97 Å². The molecule has 0 saturated heterocycles. The molecular formula is C55H101NO5. The first-order valence-corrected chi connectivity index (χ1v) is 26.4. The van der Waals surface area contributed by atoms with E-state index in [1.165, 1.54) is 141 Å². The van der Waals surface area contributed by atoms with Gasteiger partial charge in [0.25, 0.3) is 0 Å². The lowest BCUT2D eigenvalue weighted by atomic mass is 10.0. The lowest BCUT2D eigenvalue weighted by Crippen LogP contribution is -2.46. The second-order valence-corrected chi connectivity index (χ2v) is 18.0. The molecule has 0 spiro atoms. The molecule has 0 rings (SSSR count). The first-order valence-electron chi connectivity index (χ1n) is 26.4. The van der Waals surface area contributed by atoms with Crippen LogP contribution >= 0.6 is 0 Å². The minimum atomic E-state index is -0.798. The molecule has 0 aromatic rings. The predicted molar refractivity (Wildman–Crippen MR) is 264 cm³/mol. The third-order valence-corrected chi connectivity index (χ3v) is 12.0. The van der Waals surface area contributed by atoms with E-state index < -0.39 is 18.2 Å². The number of ether oxygens (including phenoxy) is 1. The van der Waals surface area contributed by atoms with Gasteiger partial charge in [0.1, 0.15) is 6.10 Å². The number of allylic oxidation sites excluding steroid dienone is 8. The van der Waals surface area contributed by atoms with Crippen molar-refractivity contribution >= 4 is 11.9 Å². The van der Waals surface area contributed by atoms with Gasteiger partial charge in [0, 0.05) is 6.42 Å². The van der Waals surface area contributed by atoms with Gasteiger partial charge in [0.05, 0.1) is 25.2 Å². The van der Waals surface area contributed by atoms with E-state index >= 15 is 0 Å². The van der Waals surface area contributed by atoms with Gasteiger partial charge in [0.15, 0.2) is 0 Å². The second kappa shape index (κ2) is 48.8. The van der Waals surface area contributed by atoms with Gasteiger partial charge < -0.3 is 20.3 Å². The van der Waals surface area contributed by atoms with Crippen LogP contribution in [0.1, 0.15) is 265 Å². The second-order valence-electron chi connectivity index (χ2n) is 18.0. The Balaban J connectivity index is 4.53. The van der Waals surface area contributed by atoms with Crippen molar-refractivity contribution in [2.24, 2.45) is 0 Å². The molecular weight excluding hydrogens is 755 g/mol. The molecule has 0 aromatic heterocycles. The van der Waals surface area contributed by atoms with Crippen LogP contribution in [0.5, 0.6) is 0 Å². The largest absolute Gasteiger partial charge is 0.462 e. The highest BCUT2D eigenvalue weighted by Crippen LogP contribution is 2.18. The lowest BCUT2D eigenvalue weighted by molar-refractivity contribution is -0.151. The van der Waals surface area contributed by atoms with E-state index in [0.717, 1.165) is 77.0 Å². The highest BCUT2D eigenvalue weighted by molar-refractivity contribution is 5.77. The van der Waals surface area contributed by atoms with Gasteiger partial charge in [-0.3, -0.25) is 9.59 Å². The Morgan fingerprint density at radius 3 is 1.39 bits per heavy atom. The van der Waals surface area contributed by atoms with E-state index in [9.17, 15) is 19.8 Å². The normalized spacial score (nSPS) is 13.6. The molecule has 0 aliphatic rings. The molecule has 0 bridgehead atoms. The molecule has 0 aliphatic carbocycles. The summed E-state index contributed by atoms with van der Waals surface area (Å²) in [5, 5.41) is 23.8. The average Bonchev–Trinajstić information content (AvgIpc) is 3.25. The number of rotatable bonds is 47. The zero-order valence-corrected chi connectivity index (χ0v) is 40.5. The van der Waals surface area contributed by atoms with Crippen molar-refractivity contribution in [3.63, 3.8) is 0 Å². The minimum Gasteiger partial charge on any atom is -0.462 e. The van der Waals surface area contributed by atoms with Crippen molar-refractivity contribution in [2.45, 2.75) is 283 Å². The molecule has 0 fully saturated rings. The molecule has 0 heterocycles. The first kappa shape index (κ1) is 58.8. The molecule has 3 N–H and O–H groups in total. The molecule has 1 amide bonds. The monoisotopic (exact) mass is 856 g/mol. The smallest absolute Gasteiger partial charge is 0.306 e. The Morgan fingerprint density at radius 1 is 0.492 bits per heavy atom. The molecule has 3 atom stereocenters. The van der Waals surface area contributed by atoms with Crippen LogP contribution in [0.15, 0.2) is 48.6 Å². The number of amides is 1. The molecule has 61 heavy (non-hydrogen) atoms. The third kappa shape index (κ3) is 44.2. The maximum atomic E-state index is 13.2. The number of carbonyl (C=O) groups excluding carboxylic acids is 2. The molecule has 0 saturated carbocycles. The summed E-state index contributed by atoms with van der Waals surface area (Å²) in [5.74, 6) is -0.513. The van der Waals surface area contributed by atoms with Crippen LogP contribution < -0.4 is 5.32 Å². The zero-order chi connectivity index (χ0) is 44.5. The fourth-order valence-corrected chi connectivity index (χ4v) is 7.96. The number of aliphatic hydroxyl groups excluding tert-OH is 2. The molecule has 6 heteroatoms. The quantitative estimate of drug-likeness (QED) is 0.0245. The van der Waals surface area contributed by atoms with Crippen LogP contribution in [-0.2, 0) is 14.3 Å². The Labute approximate surface area is 378 Å². The van der Waals surface area contributed by atoms with Crippen molar-refractivity contribution in [2.75, 3.05) is 6.61 Å². The summed E-state index contributed by atoms with van der Waals surface area (Å²) < 4.78 is 5.91. The van der Waals surface area contributed by atoms with Crippen molar-refractivity contribution in [1.29, 1.82) is 0 Å². The molecule has 3 unspecified atom stereocenters. The summed E-state index contributed by atoms with van der Waals surface area (Å²) in [6.07, 6.45) is 58.9. The number of hydrogen-bond donors (Lipinski definition) is 3. The molecule has 0 radical (unpaired) electrons. The summed E-state index contributed by atoms with van der Waals surface area (Å²) in [5.41, 5.74) is 0. The standard InChI is InChI=1S/C55H101NO5/c1-4-7-10-13-16-19-22-24-26-28-30-33-36-39-42-45-48-55(60)61-51(46-43-40-37-34-31-21-18-15-12-9-6-3)49-54(59)56-52(50-57)53(58)47-44-41-38-35-32-29-27-25-23-20-17-14-11-8-5-2/h9,12,15,18,21,26,28,31,51-53,57-58H,4-8,10-11,13-14,16-17,19-20,22-25,27,29-30,32-50H2,1-3H3,(H,56,59)/b12-9+,18-15+,28-26+,31-21-. The van der Waals surface area contributed by atoms with Crippen molar-refractivity contribution in [1.82, 2.24) is 5.32 Å². The zero-order valence-electron chi connectivity index (χ0n) is 40.5. The number of esters is 1. The molecule has 6 nitrogen and oxygen atoms in total. The highest BCUT2D eigenvalue weighted by atomic mass is 16.5. The Bertz CT molecular complexity index is 1050. The van der Waals surface area contributed by atoms with Crippen LogP contribution in [0.3, 0.4) is 0 Å². The Morgan fingerprint density at radius 2 is 0.902 bits per heavy atom. The van der Waals surface area contributed by atoms with Gasteiger partial charge in [-0.15, -0.1) is 0 Å². The average molecular weight is 856 g/mol. The maximum absolute atomic E-state index is 13.2.